The summed E-state index contributed by atoms with van der Waals surface area (Å²) in [5.41, 5.74) is 3.24. The SMILES string of the molecule is CCCNCC1(CN2CCc3ccccc32)CCOC1. The maximum atomic E-state index is 5.72. The molecule has 110 valence electrons. The van der Waals surface area contributed by atoms with Gasteiger partial charge in [-0.2, -0.15) is 0 Å². The fourth-order valence-electron chi connectivity index (χ4n) is 3.48. The highest BCUT2D eigenvalue weighted by atomic mass is 16.5. The van der Waals surface area contributed by atoms with E-state index in [0.29, 0.717) is 5.41 Å². The van der Waals surface area contributed by atoms with Crippen LogP contribution in [-0.4, -0.2) is 39.4 Å². The Hall–Kier alpha value is -1.06. The minimum absolute atomic E-state index is 0.298. The first kappa shape index (κ1) is 13.9. The predicted octanol–water partition coefficient (Wildman–Crippen LogP) is 2.46. The van der Waals surface area contributed by atoms with E-state index in [9.17, 15) is 0 Å². The van der Waals surface area contributed by atoms with Crippen molar-refractivity contribution < 1.29 is 4.74 Å². The molecule has 1 N–H and O–H groups in total. The van der Waals surface area contributed by atoms with Crippen LogP contribution in [0.2, 0.25) is 0 Å². The third-order valence-electron chi connectivity index (χ3n) is 4.62. The summed E-state index contributed by atoms with van der Waals surface area (Å²) in [5, 5.41) is 3.61. The van der Waals surface area contributed by atoms with Crippen molar-refractivity contribution in [2.45, 2.75) is 26.2 Å². The minimum atomic E-state index is 0.298. The smallest absolute Gasteiger partial charge is 0.0552 e. The standard InChI is InChI=1S/C17H26N2O/c1-2-9-18-12-17(8-11-20-14-17)13-19-10-7-15-5-3-4-6-16(15)19/h3-6,18H,2,7-14H2,1H3. The summed E-state index contributed by atoms with van der Waals surface area (Å²) in [7, 11) is 0. The first-order valence-electron chi connectivity index (χ1n) is 7.94. The summed E-state index contributed by atoms with van der Waals surface area (Å²) in [5.74, 6) is 0. The lowest BCUT2D eigenvalue weighted by atomic mass is 9.86. The molecule has 2 heterocycles. The van der Waals surface area contributed by atoms with E-state index in [1.807, 2.05) is 0 Å². The Morgan fingerprint density at radius 3 is 3.05 bits per heavy atom. The first-order chi connectivity index (χ1) is 9.83. The largest absolute Gasteiger partial charge is 0.381 e. The summed E-state index contributed by atoms with van der Waals surface area (Å²) in [6, 6.07) is 8.84. The van der Waals surface area contributed by atoms with Crippen LogP contribution in [0.25, 0.3) is 0 Å². The van der Waals surface area contributed by atoms with Crippen LogP contribution in [-0.2, 0) is 11.2 Å². The van der Waals surface area contributed by atoms with E-state index in [1.54, 1.807) is 0 Å². The molecule has 2 aliphatic rings. The van der Waals surface area contributed by atoms with Gasteiger partial charge in [0, 0.05) is 37.3 Å². The molecular weight excluding hydrogens is 248 g/mol. The molecule has 1 fully saturated rings. The van der Waals surface area contributed by atoms with Gasteiger partial charge in [0.25, 0.3) is 0 Å². The molecule has 3 rings (SSSR count). The summed E-state index contributed by atoms with van der Waals surface area (Å²) in [4.78, 5) is 2.57. The molecule has 1 unspecified atom stereocenters. The lowest BCUT2D eigenvalue weighted by molar-refractivity contribution is 0.152. The van der Waals surface area contributed by atoms with Gasteiger partial charge in [-0.05, 0) is 37.4 Å². The third-order valence-corrected chi connectivity index (χ3v) is 4.62. The van der Waals surface area contributed by atoms with E-state index in [-0.39, 0.29) is 0 Å². The molecule has 1 aromatic rings. The topological polar surface area (TPSA) is 24.5 Å². The lowest BCUT2D eigenvalue weighted by Gasteiger charge is -2.34. The number of hydrogen-bond acceptors (Lipinski definition) is 3. The van der Waals surface area contributed by atoms with Crippen molar-refractivity contribution >= 4 is 5.69 Å². The first-order valence-corrected chi connectivity index (χ1v) is 7.94. The van der Waals surface area contributed by atoms with Crippen molar-refractivity contribution in [3.63, 3.8) is 0 Å². The molecule has 0 radical (unpaired) electrons. The Balaban J connectivity index is 1.68. The number of benzene rings is 1. The number of para-hydroxylation sites is 1. The molecule has 20 heavy (non-hydrogen) atoms. The van der Waals surface area contributed by atoms with Crippen molar-refractivity contribution in [3.8, 4) is 0 Å². The average Bonchev–Trinajstić information content (AvgIpc) is 3.08. The Morgan fingerprint density at radius 1 is 1.35 bits per heavy atom. The van der Waals surface area contributed by atoms with Gasteiger partial charge < -0.3 is 15.0 Å². The van der Waals surface area contributed by atoms with Crippen LogP contribution in [0.15, 0.2) is 24.3 Å². The molecule has 3 heteroatoms. The number of fused-ring (bicyclic) bond motifs is 1. The lowest BCUT2D eigenvalue weighted by Crippen LogP contribution is -2.44. The second-order valence-corrected chi connectivity index (χ2v) is 6.28. The molecule has 1 atom stereocenters. The van der Waals surface area contributed by atoms with Crippen molar-refractivity contribution in [1.29, 1.82) is 0 Å². The fraction of sp³-hybridized carbons (Fsp3) is 0.647. The van der Waals surface area contributed by atoms with Crippen molar-refractivity contribution in [2.24, 2.45) is 5.41 Å². The molecule has 1 saturated heterocycles. The van der Waals surface area contributed by atoms with Crippen molar-refractivity contribution in [2.75, 3.05) is 44.3 Å². The maximum absolute atomic E-state index is 5.72. The highest BCUT2D eigenvalue weighted by Crippen LogP contribution is 2.34. The molecule has 3 nitrogen and oxygen atoms in total. The van der Waals surface area contributed by atoms with E-state index < -0.39 is 0 Å². The molecule has 0 spiro atoms. The second kappa shape index (κ2) is 6.15. The number of hydrogen-bond donors (Lipinski definition) is 1. The van der Waals surface area contributed by atoms with Gasteiger partial charge in [-0.25, -0.2) is 0 Å². The number of rotatable bonds is 6. The van der Waals surface area contributed by atoms with Gasteiger partial charge in [0.15, 0.2) is 0 Å². The average molecular weight is 274 g/mol. The summed E-state index contributed by atoms with van der Waals surface area (Å²) in [6.45, 7) is 8.53. The van der Waals surface area contributed by atoms with Gasteiger partial charge in [0.2, 0.25) is 0 Å². The molecule has 0 aromatic heterocycles. The van der Waals surface area contributed by atoms with Gasteiger partial charge in [0.1, 0.15) is 0 Å². The van der Waals surface area contributed by atoms with E-state index in [0.717, 1.165) is 39.4 Å². The zero-order valence-corrected chi connectivity index (χ0v) is 12.5. The van der Waals surface area contributed by atoms with Gasteiger partial charge in [-0.15, -0.1) is 0 Å². The maximum Gasteiger partial charge on any atom is 0.0552 e. The van der Waals surface area contributed by atoms with Crippen LogP contribution in [0.4, 0.5) is 5.69 Å². The van der Waals surface area contributed by atoms with Gasteiger partial charge in [-0.3, -0.25) is 0 Å². The van der Waals surface area contributed by atoms with Gasteiger partial charge in [-0.1, -0.05) is 25.1 Å². The monoisotopic (exact) mass is 274 g/mol. The number of ether oxygens (including phenoxy) is 1. The van der Waals surface area contributed by atoms with E-state index in [1.165, 1.54) is 30.5 Å². The van der Waals surface area contributed by atoms with Gasteiger partial charge >= 0.3 is 0 Å². The Labute approximate surface area is 122 Å². The predicted molar refractivity (Wildman–Crippen MR) is 83.4 cm³/mol. The molecule has 0 bridgehead atoms. The Kier molecular flexibility index (Phi) is 4.27. The van der Waals surface area contributed by atoms with Crippen molar-refractivity contribution in [3.05, 3.63) is 29.8 Å². The zero-order valence-electron chi connectivity index (χ0n) is 12.5. The summed E-state index contributed by atoms with van der Waals surface area (Å²) >= 11 is 0. The molecule has 2 aliphatic heterocycles. The number of nitrogens with zero attached hydrogens (tertiary/aromatic N) is 1. The number of nitrogens with one attached hydrogen (secondary N) is 1. The van der Waals surface area contributed by atoms with Crippen LogP contribution in [0, 0.1) is 5.41 Å². The quantitative estimate of drug-likeness (QED) is 0.807. The Bertz CT molecular complexity index is 440. The minimum Gasteiger partial charge on any atom is -0.381 e. The van der Waals surface area contributed by atoms with Crippen LogP contribution in [0.5, 0.6) is 0 Å². The highest BCUT2D eigenvalue weighted by molar-refractivity contribution is 5.58. The zero-order chi connectivity index (χ0) is 13.8. The number of anilines is 1. The summed E-state index contributed by atoms with van der Waals surface area (Å²) in [6.07, 6.45) is 3.57. The normalized spacial score (nSPS) is 25.1. The molecular formula is C17H26N2O. The van der Waals surface area contributed by atoms with Crippen LogP contribution < -0.4 is 10.2 Å². The molecule has 0 aliphatic carbocycles. The van der Waals surface area contributed by atoms with Crippen molar-refractivity contribution in [1.82, 2.24) is 5.32 Å². The third kappa shape index (κ3) is 2.84. The van der Waals surface area contributed by atoms with E-state index in [4.69, 9.17) is 4.74 Å². The van der Waals surface area contributed by atoms with E-state index in [2.05, 4.69) is 41.4 Å². The molecule has 1 aromatic carbocycles. The Morgan fingerprint density at radius 2 is 2.25 bits per heavy atom. The van der Waals surface area contributed by atoms with E-state index >= 15 is 0 Å². The molecule has 0 saturated carbocycles. The summed E-state index contributed by atoms with van der Waals surface area (Å²) < 4.78 is 5.72. The second-order valence-electron chi connectivity index (χ2n) is 6.28. The fourth-order valence-corrected chi connectivity index (χ4v) is 3.48. The van der Waals surface area contributed by atoms with Gasteiger partial charge in [0.05, 0.1) is 6.61 Å². The van der Waals surface area contributed by atoms with Crippen LogP contribution >= 0.6 is 0 Å². The molecule has 0 amide bonds. The van der Waals surface area contributed by atoms with Crippen LogP contribution in [0.3, 0.4) is 0 Å². The van der Waals surface area contributed by atoms with Crippen LogP contribution in [0.1, 0.15) is 25.3 Å². The highest BCUT2D eigenvalue weighted by Gasteiger charge is 2.37.